The number of methoxy groups -OCH3 is 1. The van der Waals surface area contributed by atoms with E-state index >= 15 is 0 Å². The van der Waals surface area contributed by atoms with E-state index in [1.165, 1.54) is 19.2 Å². The highest BCUT2D eigenvalue weighted by atomic mass is 35.5. The molecule has 0 atom stereocenters. The molecule has 0 radical (unpaired) electrons. The van der Waals surface area contributed by atoms with Crippen LogP contribution in [0.2, 0.25) is 10.0 Å². The smallest absolute Gasteiger partial charge is 0.242 e. The van der Waals surface area contributed by atoms with Crippen LogP contribution in [0, 0.1) is 0 Å². The van der Waals surface area contributed by atoms with Gasteiger partial charge in [0.25, 0.3) is 0 Å². The minimum absolute atomic E-state index is 0.0577. The van der Waals surface area contributed by atoms with Crippen LogP contribution in [0.1, 0.15) is 5.56 Å². The summed E-state index contributed by atoms with van der Waals surface area (Å²) >= 11 is 12.0. The van der Waals surface area contributed by atoms with Crippen LogP contribution in [-0.4, -0.2) is 28.7 Å². The highest BCUT2D eigenvalue weighted by Gasteiger charge is 2.21. The Kier molecular flexibility index (Phi) is 6.89. The molecule has 0 fully saturated rings. The highest BCUT2D eigenvalue weighted by molar-refractivity contribution is 7.89. The summed E-state index contributed by atoms with van der Waals surface area (Å²) in [5, 5.41) is -0.0175. The zero-order chi connectivity index (χ0) is 17.6. The quantitative estimate of drug-likeness (QED) is 0.701. The number of benzene rings is 2. The zero-order valence-electron chi connectivity index (χ0n) is 13.0. The molecule has 0 heterocycles. The third-order valence-corrected chi connectivity index (χ3v) is 5.65. The van der Waals surface area contributed by atoms with Crippen LogP contribution >= 0.6 is 23.2 Å². The fourth-order valence-corrected chi connectivity index (χ4v) is 3.82. The fraction of sp³-hybridized carbons (Fsp3) is 0.250. The van der Waals surface area contributed by atoms with Gasteiger partial charge in [-0.3, -0.25) is 0 Å². The minimum Gasteiger partial charge on any atom is -0.495 e. The highest BCUT2D eigenvalue weighted by Crippen LogP contribution is 2.36. The number of ether oxygens (including phenoxy) is 2. The van der Waals surface area contributed by atoms with Crippen LogP contribution in [-0.2, 0) is 21.4 Å². The normalized spacial score (nSPS) is 11.5. The van der Waals surface area contributed by atoms with Crippen molar-refractivity contribution in [3.63, 3.8) is 0 Å². The topological polar surface area (TPSA) is 64.6 Å². The van der Waals surface area contributed by atoms with Crippen LogP contribution in [0.5, 0.6) is 5.75 Å². The lowest BCUT2D eigenvalue weighted by Gasteiger charge is -2.11. The number of hydrogen-bond acceptors (Lipinski definition) is 4. The van der Waals surface area contributed by atoms with E-state index in [-0.39, 0.29) is 28.1 Å². The molecule has 0 saturated heterocycles. The number of hydrogen-bond donors (Lipinski definition) is 1. The van der Waals surface area contributed by atoms with Crippen molar-refractivity contribution in [3.05, 3.63) is 58.1 Å². The summed E-state index contributed by atoms with van der Waals surface area (Å²) in [4.78, 5) is -0.0990. The standard InChI is InChI=1S/C16H17Cl2NO4S/c1-22-13-7-8-14(16(18)15(13)17)24(20,21)19-9-10-23-11-12-5-3-2-4-6-12/h2-8,19H,9-11H2,1H3. The van der Waals surface area contributed by atoms with Crippen molar-refractivity contribution in [2.45, 2.75) is 11.5 Å². The van der Waals surface area contributed by atoms with Gasteiger partial charge >= 0.3 is 0 Å². The van der Waals surface area contributed by atoms with Crippen LogP contribution in [0.25, 0.3) is 0 Å². The van der Waals surface area contributed by atoms with Crippen LogP contribution in [0.3, 0.4) is 0 Å². The molecule has 0 aromatic heterocycles. The van der Waals surface area contributed by atoms with Gasteiger partial charge in [-0.2, -0.15) is 0 Å². The molecular formula is C16H17Cl2NO4S. The lowest BCUT2D eigenvalue weighted by atomic mass is 10.2. The Morgan fingerprint density at radius 1 is 1.04 bits per heavy atom. The molecular weight excluding hydrogens is 373 g/mol. The Bertz CT molecular complexity index is 782. The average molecular weight is 390 g/mol. The molecule has 130 valence electrons. The molecule has 0 amide bonds. The first kappa shape index (κ1) is 19.0. The maximum absolute atomic E-state index is 12.3. The third kappa shape index (κ3) is 4.84. The molecule has 1 N–H and O–H groups in total. The van der Waals surface area contributed by atoms with E-state index in [2.05, 4.69) is 4.72 Å². The second-order valence-electron chi connectivity index (χ2n) is 4.83. The van der Waals surface area contributed by atoms with Gasteiger partial charge in [-0.15, -0.1) is 0 Å². The predicted molar refractivity (Wildman–Crippen MR) is 94.3 cm³/mol. The maximum atomic E-state index is 12.3. The molecule has 0 unspecified atom stereocenters. The molecule has 24 heavy (non-hydrogen) atoms. The van der Waals surface area contributed by atoms with Gasteiger partial charge in [0.15, 0.2) is 0 Å². The fourth-order valence-electron chi connectivity index (χ4n) is 1.97. The van der Waals surface area contributed by atoms with Gasteiger partial charge in [-0.05, 0) is 17.7 Å². The molecule has 0 aliphatic heterocycles. The number of rotatable bonds is 8. The molecule has 0 bridgehead atoms. The summed E-state index contributed by atoms with van der Waals surface area (Å²) in [6, 6.07) is 12.4. The van der Waals surface area contributed by atoms with Crippen LogP contribution in [0.4, 0.5) is 0 Å². The van der Waals surface area contributed by atoms with Gasteiger partial charge in [-0.25, -0.2) is 13.1 Å². The first-order chi connectivity index (χ1) is 11.5. The average Bonchev–Trinajstić information content (AvgIpc) is 2.57. The summed E-state index contributed by atoms with van der Waals surface area (Å²) < 4.78 is 37.4. The van der Waals surface area contributed by atoms with Gasteiger partial charge < -0.3 is 9.47 Å². The lowest BCUT2D eigenvalue weighted by Crippen LogP contribution is -2.27. The van der Waals surface area contributed by atoms with E-state index < -0.39 is 10.0 Å². The van der Waals surface area contributed by atoms with Crippen molar-refractivity contribution in [3.8, 4) is 5.75 Å². The molecule has 2 aromatic carbocycles. The zero-order valence-corrected chi connectivity index (χ0v) is 15.3. The van der Waals surface area contributed by atoms with Crippen LogP contribution < -0.4 is 9.46 Å². The maximum Gasteiger partial charge on any atom is 0.242 e. The third-order valence-electron chi connectivity index (χ3n) is 3.17. The van der Waals surface area contributed by atoms with E-state index in [0.717, 1.165) is 5.56 Å². The molecule has 8 heteroatoms. The summed E-state index contributed by atoms with van der Waals surface area (Å²) in [5.41, 5.74) is 1.02. The van der Waals surface area contributed by atoms with Crippen molar-refractivity contribution < 1.29 is 17.9 Å². The predicted octanol–water partition coefficient (Wildman–Crippen LogP) is 3.50. The van der Waals surface area contributed by atoms with Crippen molar-refractivity contribution in [1.82, 2.24) is 4.72 Å². The second kappa shape index (κ2) is 8.69. The van der Waals surface area contributed by atoms with E-state index in [1.54, 1.807) is 0 Å². The molecule has 0 saturated carbocycles. The summed E-state index contributed by atoms with van der Waals surface area (Å²) in [6.45, 7) is 0.766. The van der Waals surface area contributed by atoms with E-state index in [4.69, 9.17) is 32.7 Å². The first-order valence-corrected chi connectivity index (χ1v) is 9.33. The first-order valence-electron chi connectivity index (χ1n) is 7.09. The molecule has 2 aromatic rings. The largest absolute Gasteiger partial charge is 0.495 e. The summed E-state index contributed by atoms with van der Waals surface area (Å²) in [5.74, 6) is 0.312. The molecule has 0 spiro atoms. The van der Waals surface area contributed by atoms with E-state index in [9.17, 15) is 8.42 Å². The molecule has 5 nitrogen and oxygen atoms in total. The summed E-state index contributed by atoms with van der Waals surface area (Å²) in [6.07, 6.45) is 0. The lowest BCUT2D eigenvalue weighted by molar-refractivity contribution is 0.126. The van der Waals surface area contributed by atoms with E-state index in [1.807, 2.05) is 30.3 Å². The van der Waals surface area contributed by atoms with Crippen molar-refractivity contribution >= 4 is 33.2 Å². The van der Waals surface area contributed by atoms with Crippen molar-refractivity contribution in [2.24, 2.45) is 0 Å². The number of sulfonamides is 1. The Labute approximate surface area is 151 Å². The minimum atomic E-state index is -3.79. The number of nitrogens with one attached hydrogen (secondary N) is 1. The van der Waals surface area contributed by atoms with Gasteiger partial charge in [0.05, 0.1) is 25.3 Å². The Morgan fingerprint density at radius 3 is 2.42 bits per heavy atom. The van der Waals surface area contributed by atoms with Crippen LogP contribution in [0.15, 0.2) is 47.4 Å². The molecule has 0 aliphatic rings. The van der Waals surface area contributed by atoms with Gasteiger partial charge in [-0.1, -0.05) is 53.5 Å². The van der Waals surface area contributed by atoms with Gasteiger partial charge in [0.2, 0.25) is 10.0 Å². The van der Waals surface area contributed by atoms with Crippen molar-refractivity contribution in [1.29, 1.82) is 0 Å². The van der Waals surface area contributed by atoms with Gasteiger partial charge in [0, 0.05) is 6.54 Å². The Hall–Kier alpha value is -1.31. The summed E-state index contributed by atoms with van der Waals surface area (Å²) in [7, 11) is -2.36. The molecule has 2 rings (SSSR count). The SMILES string of the molecule is COc1ccc(S(=O)(=O)NCCOCc2ccccc2)c(Cl)c1Cl. The van der Waals surface area contributed by atoms with Crippen molar-refractivity contribution in [2.75, 3.05) is 20.3 Å². The Balaban J connectivity index is 1.91. The molecule has 0 aliphatic carbocycles. The second-order valence-corrected chi connectivity index (χ2v) is 7.32. The van der Waals surface area contributed by atoms with Gasteiger partial charge in [0.1, 0.15) is 15.7 Å². The van der Waals surface area contributed by atoms with E-state index in [0.29, 0.717) is 12.4 Å². The monoisotopic (exact) mass is 389 g/mol. The number of halogens is 2. The Morgan fingerprint density at radius 2 is 1.75 bits per heavy atom.